The van der Waals surface area contributed by atoms with Crippen molar-refractivity contribution in [1.29, 1.82) is 0 Å². The molecule has 0 amide bonds. The highest BCUT2D eigenvalue weighted by Gasteiger charge is 1.96. The van der Waals surface area contributed by atoms with Gasteiger partial charge in [0.15, 0.2) is 0 Å². The Morgan fingerprint density at radius 3 is 2.92 bits per heavy atom. The molecule has 70 valence electrons. The van der Waals surface area contributed by atoms with Gasteiger partial charge >= 0.3 is 0 Å². The maximum absolute atomic E-state index is 5.89. The molecule has 1 rings (SSSR count). The van der Waals surface area contributed by atoms with Crippen LogP contribution in [0.2, 0.25) is 5.15 Å². The Morgan fingerprint density at radius 1 is 1.54 bits per heavy atom. The Balaban J connectivity index is 2.77. The third-order valence-electron chi connectivity index (χ3n) is 1.53. The molecule has 0 aliphatic carbocycles. The molecule has 0 saturated carbocycles. The van der Waals surface area contributed by atoms with Crippen LogP contribution in [0.25, 0.3) is 6.08 Å². The summed E-state index contributed by atoms with van der Waals surface area (Å²) in [6.07, 6.45) is 3.43. The summed E-state index contributed by atoms with van der Waals surface area (Å²) in [4.78, 5) is 4.11. The van der Waals surface area contributed by atoms with Crippen LogP contribution in [0, 0.1) is 6.92 Å². The molecule has 0 saturated heterocycles. The van der Waals surface area contributed by atoms with Crippen molar-refractivity contribution in [3.8, 4) is 0 Å². The number of pyridine rings is 1. The maximum Gasteiger partial charge on any atom is 0.136 e. The summed E-state index contributed by atoms with van der Waals surface area (Å²) in [5, 5.41) is 0.510. The van der Waals surface area contributed by atoms with Crippen molar-refractivity contribution in [1.82, 2.24) is 4.98 Å². The summed E-state index contributed by atoms with van der Waals surface area (Å²) < 4.78 is 5.06. The van der Waals surface area contributed by atoms with Crippen LogP contribution in [0.1, 0.15) is 18.2 Å². The first kappa shape index (κ1) is 10.1. The fourth-order valence-corrected chi connectivity index (χ4v) is 1.14. The lowest BCUT2D eigenvalue weighted by atomic mass is 10.2. The number of hydrogen-bond acceptors (Lipinski definition) is 2. The SMILES string of the molecule is CCOC=Cc1ccc(C)nc1Cl. The first-order valence-electron chi connectivity index (χ1n) is 4.15. The predicted molar refractivity (Wildman–Crippen MR) is 54.6 cm³/mol. The molecule has 0 unspecified atom stereocenters. The van der Waals surface area contributed by atoms with E-state index in [9.17, 15) is 0 Å². The van der Waals surface area contributed by atoms with E-state index >= 15 is 0 Å². The molecule has 2 nitrogen and oxygen atoms in total. The zero-order valence-corrected chi connectivity index (χ0v) is 8.51. The van der Waals surface area contributed by atoms with Crippen molar-refractivity contribution in [2.24, 2.45) is 0 Å². The number of aryl methyl sites for hydroxylation is 1. The normalized spacial score (nSPS) is 10.7. The van der Waals surface area contributed by atoms with Crippen LogP contribution in [0.5, 0.6) is 0 Å². The van der Waals surface area contributed by atoms with E-state index in [-0.39, 0.29) is 0 Å². The Morgan fingerprint density at radius 2 is 2.31 bits per heavy atom. The number of nitrogens with zero attached hydrogens (tertiary/aromatic N) is 1. The van der Waals surface area contributed by atoms with Gasteiger partial charge < -0.3 is 4.74 Å². The first-order chi connectivity index (χ1) is 6.24. The summed E-state index contributed by atoms with van der Waals surface area (Å²) in [7, 11) is 0. The van der Waals surface area contributed by atoms with Gasteiger partial charge in [0.1, 0.15) is 5.15 Å². The van der Waals surface area contributed by atoms with Crippen molar-refractivity contribution in [2.75, 3.05) is 6.61 Å². The molecule has 3 heteroatoms. The molecule has 1 heterocycles. The lowest BCUT2D eigenvalue weighted by Crippen LogP contribution is -1.85. The highest BCUT2D eigenvalue weighted by Crippen LogP contribution is 2.14. The zero-order valence-electron chi connectivity index (χ0n) is 7.75. The fraction of sp³-hybridized carbons (Fsp3) is 0.300. The molecule has 0 aliphatic rings. The second kappa shape index (κ2) is 4.87. The molecule has 0 radical (unpaired) electrons. The molecule has 0 aromatic carbocycles. The van der Waals surface area contributed by atoms with E-state index in [1.165, 1.54) is 0 Å². The van der Waals surface area contributed by atoms with Gasteiger partial charge in [-0.1, -0.05) is 11.6 Å². The highest BCUT2D eigenvalue weighted by molar-refractivity contribution is 6.30. The maximum atomic E-state index is 5.89. The zero-order chi connectivity index (χ0) is 9.68. The average Bonchev–Trinajstić information content (AvgIpc) is 2.09. The number of rotatable bonds is 3. The third kappa shape index (κ3) is 3.07. The van der Waals surface area contributed by atoms with Gasteiger partial charge in [0.2, 0.25) is 0 Å². The van der Waals surface area contributed by atoms with Crippen LogP contribution in [0.3, 0.4) is 0 Å². The van der Waals surface area contributed by atoms with Gasteiger partial charge in [-0.05, 0) is 32.1 Å². The lowest BCUT2D eigenvalue weighted by Gasteiger charge is -1.98. The minimum atomic E-state index is 0.510. The molecule has 13 heavy (non-hydrogen) atoms. The number of aromatic nitrogens is 1. The summed E-state index contributed by atoms with van der Waals surface area (Å²) >= 11 is 5.89. The van der Waals surface area contributed by atoms with Crippen molar-refractivity contribution in [2.45, 2.75) is 13.8 Å². The second-order valence-corrected chi connectivity index (χ2v) is 2.95. The van der Waals surface area contributed by atoms with Crippen LogP contribution in [-0.4, -0.2) is 11.6 Å². The van der Waals surface area contributed by atoms with Gasteiger partial charge in [0.05, 0.1) is 12.9 Å². The monoisotopic (exact) mass is 197 g/mol. The molecular weight excluding hydrogens is 186 g/mol. The van der Waals surface area contributed by atoms with Crippen molar-refractivity contribution >= 4 is 17.7 Å². The van der Waals surface area contributed by atoms with Crippen molar-refractivity contribution in [3.05, 3.63) is 34.8 Å². The van der Waals surface area contributed by atoms with Gasteiger partial charge in [-0.15, -0.1) is 0 Å². The topological polar surface area (TPSA) is 22.1 Å². The smallest absolute Gasteiger partial charge is 0.136 e. The second-order valence-electron chi connectivity index (χ2n) is 2.59. The van der Waals surface area contributed by atoms with Gasteiger partial charge in [-0.2, -0.15) is 0 Å². The summed E-state index contributed by atoms with van der Waals surface area (Å²) in [5.74, 6) is 0. The highest BCUT2D eigenvalue weighted by atomic mass is 35.5. The summed E-state index contributed by atoms with van der Waals surface area (Å²) in [6.45, 7) is 4.49. The van der Waals surface area contributed by atoms with E-state index in [0.29, 0.717) is 11.8 Å². The van der Waals surface area contributed by atoms with Crippen molar-refractivity contribution < 1.29 is 4.74 Å². The Hall–Kier alpha value is -1.02. The number of halogens is 1. The Labute approximate surface area is 83.2 Å². The fourth-order valence-electron chi connectivity index (χ4n) is 0.878. The van der Waals surface area contributed by atoms with Crippen LogP contribution in [-0.2, 0) is 4.74 Å². The van der Waals surface area contributed by atoms with E-state index in [2.05, 4.69) is 4.98 Å². The lowest BCUT2D eigenvalue weighted by molar-refractivity contribution is 0.272. The molecule has 0 spiro atoms. The molecule has 1 aromatic heterocycles. The van der Waals surface area contributed by atoms with E-state index in [4.69, 9.17) is 16.3 Å². The van der Waals surface area contributed by atoms with E-state index < -0.39 is 0 Å². The van der Waals surface area contributed by atoms with Crippen molar-refractivity contribution in [3.63, 3.8) is 0 Å². The van der Waals surface area contributed by atoms with Crippen LogP contribution < -0.4 is 0 Å². The molecule has 1 aromatic rings. The van der Waals surface area contributed by atoms with Gasteiger partial charge in [-0.25, -0.2) is 4.98 Å². The largest absolute Gasteiger partial charge is 0.501 e. The van der Waals surface area contributed by atoms with Crippen LogP contribution in [0.15, 0.2) is 18.4 Å². The first-order valence-corrected chi connectivity index (χ1v) is 4.53. The minimum Gasteiger partial charge on any atom is -0.501 e. The molecule has 0 bridgehead atoms. The van der Waals surface area contributed by atoms with Crippen LogP contribution in [0.4, 0.5) is 0 Å². The minimum absolute atomic E-state index is 0.510. The molecule has 0 aliphatic heterocycles. The number of ether oxygens (including phenoxy) is 1. The number of hydrogen-bond donors (Lipinski definition) is 0. The summed E-state index contributed by atoms with van der Waals surface area (Å²) in [6, 6.07) is 3.83. The Bertz CT molecular complexity index is 310. The Kier molecular flexibility index (Phi) is 3.77. The quantitative estimate of drug-likeness (QED) is 0.549. The summed E-state index contributed by atoms with van der Waals surface area (Å²) in [5.41, 5.74) is 1.79. The van der Waals surface area contributed by atoms with E-state index in [0.717, 1.165) is 11.3 Å². The standard InChI is InChI=1S/C10H12ClNO/c1-3-13-7-6-9-5-4-8(2)12-10(9)11/h4-7H,3H2,1-2H3. The van der Waals surface area contributed by atoms with Gasteiger partial charge in [0.25, 0.3) is 0 Å². The van der Waals surface area contributed by atoms with Crippen LogP contribution >= 0.6 is 11.6 Å². The van der Waals surface area contributed by atoms with E-state index in [1.807, 2.05) is 26.0 Å². The predicted octanol–water partition coefficient (Wildman–Crippen LogP) is 3.05. The van der Waals surface area contributed by atoms with Gasteiger partial charge in [-0.3, -0.25) is 0 Å². The average molecular weight is 198 g/mol. The molecule has 0 atom stereocenters. The molecule has 0 N–H and O–H groups in total. The van der Waals surface area contributed by atoms with Gasteiger partial charge in [0, 0.05) is 11.3 Å². The molecule has 0 fully saturated rings. The molecular formula is C10H12ClNO. The van der Waals surface area contributed by atoms with E-state index in [1.54, 1.807) is 12.3 Å². The third-order valence-corrected chi connectivity index (χ3v) is 1.83.